The van der Waals surface area contributed by atoms with Crippen molar-refractivity contribution in [2.45, 2.75) is 6.54 Å². The molecule has 162 valence electrons. The van der Waals surface area contributed by atoms with Gasteiger partial charge in [-0.1, -0.05) is 18.2 Å². The third-order valence-corrected chi connectivity index (χ3v) is 4.66. The Kier molecular flexibility index (Phi) is 5.34. The van der Waals surface area contributed by atoms with Crippen LogP contribution in [0.15, 0.2) is 63.1 Å². The molecule has 1 aromatic carbocycles. The SMILES string of the molecule is COC(=O)c1ccc(CN2C(=O)N/C(=C\c3ccc(-c4ccccc4C(=O)O)o3)C2=O)o1. The van der Waals surface area contributed by atoms with Gasteiger partial charge < -0.3 is 24.0 Å². The lowest BCUT2D eigenvalue weighted by molar-refractivity contribution is -0.123. The van der Waals surface area contributed by atoms with Gasteiger partial charge in [0.15, 0.2) is 0 Å². The second-order valence-corrected chi connectivity index (χ2v) is 6.69. The summed E-state index contributed by atoms with van der Waals surface area (Å²) >= 11 is 0. The minimum absolute atomic E-state index is 0.0258. The monoisotopic (exact) mass is 436 g/mol. The fraction of sp³-hybridized carbons (Fsp3) is 0.0909. The van der Waals surface area contributed by atoms with Gasteiger partial charge in [-0.15, -0.1) is 0 Å². The Morgan fingerprint density at radius 2 is 1.88 bits per heavy atom. The number of nitrogens with one attached hydrogen (secondary N) is 1. The molecule has 0 radical (unpaired) electrons. The Morgan fingerprint density at radius 1 is 1.09 bits per heavy atom. The first kappa shape index (κ1) is 20.7. The van der Waals surface area contributed by atoms with Crippen molar-refractivity contribution in [3.05, 3.63) is 77.1 Å². The summed E-state index contributed by atoms with van der Waals surface area (Å²) in [5, 5.41) is 11.8. The Hall–Kier alpha value is -4.60. The molecule has 0 saturated carbocycles. The van der Waals surface area contributed by atoms with Gasteiger partial charge in [0, 0.05) is 11.6 Å². The molecule has 2 N–H and O–H groups in total. The molecular weight excluding hydrogens is 420 g/mol. The number of carbonyl (C=O) groups is 4. The van der Waals surface area contributed by atoms with Crippen molar-refractivity contribution in [1.29, 1.82) is 0 Å². The van der Waals surface area contributed by atoms with Crippen LogP contribution in [0.1, 0.15) is 32.4 Å². The van der Waals surface area contributed by atoms with E-state index in [1.807, 2.05) is 0 Å². The van der Waals surface area contributed by atoms with Crippen molar-refractivity contribution < 1.29 is 37.9 Å². The molecule has 0 bridgehead atoms. The number of methoxy groups -OCH3 is 1. The largest absolute Gasteiger partial charge is 0.478 e. The molecule has 3 heterocycles. The molecule has 1 aliphatic heterocycles. The van der Waals surface area contributed by atoms with Crippen LogP contribution in [-0.4, -0.2) is 41.0 Å². The van der Waals surface area contributed by atoms with Crippen LogP contribution in [0.5, 0.6) is 0 Å². The predicted octanol–water partition coefficient (Wildman–Crippen LogP) is 3.12. The van der Waals surface area contributed by atoms with Crippen molar-refractivity contribution in [2.24, 2.45) is 0 Å². The van der Waals surface area contributed by atoms with Crippen LogP contribution in [-0.2, 0) is 16.1 Å². The number of rotatable bonds is 6. The summed E-state index contributed by atoms with van der Waals surface area (Å²) in [5.74, 6) is -1.66. The smallest absolute Gasteiger partial charge is 0.373 e. The minimum atomic E-state index is -1.10. The summed E-state index contributed by atoms with van der Waals surface area (Å²) in [6.45, 7) is -0.186. The van der Waals surface area contributed by atoms with Gasteiger partial charge in [0.25, 0.3) is 5.91 Å². The Bertz CT molecular complexity index is 1270. The number of carbonyl (C=O) groups excluding carboxylic acids is 3. The summed E-state index contributed by atoms with van der Waals surface area (Å²) in [7, 11) is 1.21. The van der Waals surface area contributed by atoms with Gasteiger partial charge >= 0.3 is 18.0 Å². The van der Waals surface area contributed by atoms with E-state index in [1.165, 1.54) is 31.4 Å². The summed E-state index contributed by atoms with van der Waals surface area (Å²) < 4.78 is 15.5. The maximum atomic E-state index is 12.7. The number of aromatic carboxylic acids is 1. The lowest BCUT2D eigenvalue weighted by Crippen LogP contribution is -2.30. The minimum Gasteiger partial charge on any atom is -0.478 e. The molecule has 3 amide bonds. The Balaban J connectivity index is 1.53. The third-order valence-electron chi connectivity index (χ3n) is 4.66. The second kappa shape index (κ2) is 8.26. The van der Waals surface area contributed by atoms with Crippen LogP contribution in [0.2, 0.25) is 0 Å². The molecule has 3 aromatic rings. The molecule has 1 fully saturated rings. The lowest BCUT2D eigenvalue weighted by Gasteiger charge is -2.09. The molecular formula is C22H16N2O8. The summed E-state index contributed by atoms with van der Waals surface area (Å²) in [5.41, 5.74) is 0.428. The van der Waals surface area contributed by atoms with Crippen molar-refractivity contribution in [3.8, 4) is 11.3 Å². The highest BCUT2D eigenvalue weighted by Crippen LogP contribution is 2.27. The average Bonchev–Trinajstić information content (AvgIpc) is 3.50. The zero-order valence-corrected chi connectivity index (χ0v) is 16.7. The number of benzene rings is 1. The van der Waals surface area contributed by atoms with Crippen molar-refractivity contribution in [2.75, 3.05) is 7.11 Å². The topological polar surface area (TPSA) is 139 Å². The fourth-order valence-electron chi connectivity index (χ4n) is 3.15. The lowest BCUT2D eigenvalue weighted by atomic mass is 10.1. The van der Waals surface area contributed by atoms with Gasteiger partial charge in [-0.2, -0.15) is 0 Å². The van der Waals surface area contributed by atoms with Gasteiger partial charge in [0.05, 0.1) is 19.2 Å². The van der Waals surface area contributed by atoms with Gasteiger partial charge in [0.1, 0.15) is 23.0 Å². The molecule has 10 nitrogen and oxygen atoms in total. The van der Waals surface area contributed by atoms with E-state index in [0.717, 1.165) is 4.90 Å². The number of ether oxygens (including phenoxy) is 1. The first-order valence-corrected chi connectivity index (χ1v) is 9.31. The number of carboxylic acid groups (broad SMARTS) is 1. The third kappa shape index (κ3) is 3.88. The van der Waals surface area contributed by atoms with Crippen LogP contribution in [0, 0.1) is 0 Å². The Labute approximate surface area is 180 Å². The first-order valence-electron chi connectivity index (χ1n) is 9.31. The molecule has 2 aromatic heterocycles. The van der Waals surface area contributed by atoms with Crippen molar-refractivity contribution in [3.63, 3.8) is 0 Å². The highest BCUT2D eigenvalue weighted by Gasteiger charge is 2.34. The fourth-order valence-corrected chi connectivity index (χ4v) is 3.15. The number of amides is 3. The number of imide groups is 1. The Morgan fingerprint density at radius 3 is 2.62 bits per heavy atom. The highest BCUT2D eigenvalue weighted by molar-refractivity contribution is 6.13. The maximum absolute atomic E-state index is 12.7. The van der Waals surface area contributed by atoms with E-state index in [2.05, 4.69) is 10.1 Å². The van der Waals surface area contributed by atoms with E-state index >= 15 is 0 Å². The second-order valence-electron chi connectivity index (χ2n) is 6.69. The average molecular weight is 436 g/mol. The number of hydrogen-bond acceptors (Lipinski definition) is 7. The van der Waals surface area contributed by atoms with Crippen LogP contribution in [0.3, 0.4) is 0 Å². The van der Waals surface area contributed by atoms with E-state index in [1.54, 1.807) is 30.3 Å². The van der Waals surface area contributed by atoms with Gasteiger partial charge in [-0.25, -0.2) is 14.4 Å². The molecule has 0 unspecified atom stereocenters. The molecule has 1 aliphatic rings. The highest BCUT2D eigenvalue weighted by atomic mass is 16.5. The molecule has 4 rings (SSSR count). The van der Waals surface area contributed by atoms with Crippen LogP contribution < -0.4 is 5.32 Å². The molecule has 0 spiro atoms. The standard InChI is InChI=1S/C22H16N2O8/c1-30-21(28)18-9-7-13(32-18)11-24-19(25)16(23-22(24)29)10-12-6-8-17(31-12)14-4-2-3-5-15(14)20(26)27/h2-10H,11H2,1H3,(H,23,29)(H,26,27)/b16-10-. The van der Waals surface area contributed by atoms with E-state index in [0.29, 0.717) is 11.3 Å². The molecule has 0 aliphatic carbocycles. The van der Waals surface area contributed by atoms with Crippen molar-refractivity contribution in [1.82, 2.24) is 10.2 Å². The maximum Gasteiger partial charge on any atom is 0.373 e. The summed E-state index contributed by atoms with van der Waals surface area (Å²) in [4.78, 5) is 48.7. The summed E-state index contributed by atoms with van der Waals surface area (Å²) in [6.07, 6.45) is 1.34. The number of furan rings is 2. The van der Waals surface area contributed by atoms with Gasteiger partial charge in [-0.3, -0.25) is 9.69 Å². The van der Waals surface area contributed by atoms with Crippen molar-refractivity contribution >= 4 is 30.0 Å². The predicted molar refractivity (Wildman–Crippen MR) is 108 cm³/mol. The zero-order valence-electron chi connectivity index (χ0n) is 16.7. The molecule has 0 atom stereocenters. The zero-order chi connectivity index (χ0) is 22.8. The van der Waals surface area contributed by atoms with Crippen LogP contribution in [0.4, 0.5) is 4.79 Å². The normalized spacial score (nSPS) is 14.7. The number of nitrogens with zero attached hydrogens (tertiary/aromatic N) is 1. The van der Waals surface area contributed by atoms with E-state index in [4.69, 9.17) is 8.83 Å². The summed E-state index contributed by atoms with van der Waals surface area (Å²) in [6, 6.07) is 11.7. The number of esters is 1. The van der Waals surface area contributed by atoms with E-state index in [9.17, 15) is 24.3 Å². The van der Waals surface area contributed by atoms with Crippen LogP contribution >= 0.6 is 0 Å². The number of carboxylic acids is 1. The van der Waals surface area contributed by atoms with E-state index < -0.39 is 23.9 Å². The first-order chi connectivity index (χ1) is 15.4. The van der Waals surface area contributed by atoms with Gasteiger partial charge in [0.2, 0.25) is 5.76 Å². The van der Waals surface area contributed by atoms with Crippen LogP contribution in [0.25, 0.3) is 17.4 Å². The number of hydrogen-bond donors (Lipinski definition) is 2. The quantitative estimate of drug-likeness (QED) is 0.341. The molecule has 32 heavy (non-hydrogen) atoms. The van der Waals surface area contributed by atoms with Gasteiger partial charge in [-0.05, 0) is 30.3 Å². The number of urea groups is 1. The molecule has 1 saturated heterocycles. The van der Waals surface area contributed by atoms with E-state index in [-0.39, 0.29) is 35.1 Å². The molecule has 10 heteroatoms.